The van der Waals surface area contributed by atoms with Crippen molar-refractivity contribution in [2.75, 3.05) is 0 Å². The molecular weight excluding hydrogens is 391 g/mol. The first-order valence-electron chi connectivity index (χ1n) is 4.84. The van der Waals surface area contributed by atoms with Crippen molar-refractivity contribution < 1.29 is 29.0 Å². The average Bonchev–Trinajstić information content (AvgIpc) is 2.26. The maximum atomic E-state index is 12.0. The second-order valence-electron chi connectivity index (χ2n) is 3.61. The summed E-state index contributed by atoms with van der Waals surface area (Å²) in [7, 11) is 0. The smallest absolute Gasteiger partial charge is 0.370 e. The molecule has 0 amide bonds. The largest absolute Gasteiger partial charge is 0.480 e. The number of carbonyl (C=O) groups excluding carboxylic acids is 2. The summed E-state index contributed by atoms with van der Waals surface area (Å²) < 4.78 is 12.8. The highest BCUT2D eigenvalue weighted by molar-refractivity contribution is 9.11. The van der Waals surface area contributed by atoms with Crippen LogP contribution in [0.4, 0.5) is 4.53 Å². The summed E-state index contributed by atoms with van der Waals surface area (Å²) >= 11 is 6.29. The number of aliphatic carboxylic acids is 1. The molecule has 1 N–H and O–H groups in total. The highest BCUT2D eigenvalue weighted by Gasteiger charge is 2.38. The van der Waals surface area contributed by atoms with Crippen molar-refractivity contribution in [3.8, 4) is 0 Å². The number of Topliss-reactive ketones (excluding diaryl/α,β-unsaturated/α-hetero) is 1. The summed E-state index contributed by atoms with van der Waals surface area (Å²) in [6, 6.07) is 3.08. The molecular formula is C11H7Br2FO5. The number of carboxylic acids is 1. The molecule has 102 valence electrons. The molecule has 0 aliphatic heterocycles. The molecule has 5 nitrogen and oxygen atoms in total. The third-order valence-corrected chi connectivity index (χ3v) is 3.40. The number of halogens is 3. The molecule has 0 aliphatic rings. The Morgan fingerprint density at radius 3 is 2.32 bits per heavy atom. The minimum Gasteiger partial charge on any atom is -0.480 e. The number of carboxylic acid groups (broad SMARTS) is 1. The molecule has 0 saturated carbocycles. The van der Waals surface area contributed by atoms with Crippen molar-refractivity contribution in [3.05, 3.63) is 32.2 Å². The van der Waals surface area contributed by atoms with Crippen LogP contribution in [0.15, 0.2) is 21.1 Å². The fraction of sp³-hybridized carbons (Fsp3) is 0.182. The molecule has 19 heavy (non-hydrogen) atoms. The van der Waals surface area contributed by atoms with Gasteiger partial charge in [0.1, 0.15) is 0 Å². The van der Waals surface area contributed by atoms with E-state index in [-0.39, 0.29) is 5.56 Å². The zero-order valence-corrected chi connectivity index (χ0v) is 12.6. The Hall–Kier alpha value is -1.28. The first kappa shape index (κ1) is 15.8. The summed E-state index contributed by atoms with van der Waals surface area (Å²) in [4.78, 5) is 36.8. The van der Waals surface area contributed by atoms with E-state index in [9.17, 15) is 18.9 Å². The van der Waals surface area contributed by atoms with Gasteiger partial charge in [0.25, 0.3) is 0 Å². The minimum absolute atomic E-state index is 0.0130. The predicted molar refractivity (Wildman–Crippen MR) is 69.2 cm³/mol. The fourth-order valence-corrected chi connectivity index (χ4v) is 3.16. The molecule has 0 aromatic heterocycles. The molecule has 1 unspecified atom stereocenters. The van der Waals surface area contributed by atoms with Gasteiger partial charge in [-0.05, 0) is 40.5 Å². The Bertz CT molecular complexity index is 535. The van der Waals surface area contributed by atoms with Crippen molar-refractivity contribution >= 4 is 49.6 Å². The molecule has 0 spiro atoms. The molecule has 1 aromatic carbocycles. The Morgan fingerprint density at radius 2 is 1.89 bits per heavy atom. The summed E-state index contributed by atoms with van der Waals surface area (Å²) in [6.07, 6.45) is 0. The lowest BCUT2D eigenvalue weighted by atomic mass is 9.94. The van der Waals surface area contributed by atoms with Crippen LogP contribution in [0.25, 0.3) is 0 Å². The number of benzene rings is 1. The van der Waals surface area contributed by atoms with E-state index in [1.54, 1.807) is 13.0 Å². The van der Waals surface area contributed by atoms with Gasteiger partial charge >= 0.3 is 11.9 Å². The van der Waals surface area contributed by atoms with Crippen molar-refractivity contribution in [2.24, 2.45) is 5.92 Å². The maximum Gasteiger partial charge on any atom is 0.370 e. The third-order valence-electron chi connectivity index (χ3n) is 2.32. The van der Waals surface area contributed by atoms with E-state index in [1.807, 2.05) is 0 Å². The van der Waals surface area contributed by atoms with E-state index in [4.69, 9.17) is 5.11 Å². The maximum absolute atomic E-state index is 12.0. The van der Waals surface area contributed by atoms with Crippen LogP contribution in [0.1, 0.15) is 15.9 Å². The number of hydrogen-bond acceptors (Lipinski definition) is 4. The normalized spacial score (nSPS) is 11.8. The molecule has 8 heteroatoms. The Balaban J connectivity index is 3.33. The fourth-order valence-electron chi connectivity index (χ4n) is 1.52. The standard InChI is InChI=1S/C11H7Br2FO5/c1-4-2-5(12)3-6(13)7(4)9(15)8(10(16)17)11(18)19-14/h2-3,8H,1H3,(H,16,17). The highest BCUT2D eigenvalue weighted by Crippen LogP contribution is 2.28. The van der Waals surface area contributed by atoms with E-state index >= 15 is 0 Å². The highest BCUT2D eigenvalue weighted by atomic mass is 79.9. The number of ketones is 1. The van der Waals surface area contributed by atoms with E-state index < -0.39 is 23.6 Å². The van der Waals surface area contributed by atoms with Gasteiger partial charge in [0, 0.05) is 19.0 Å². The second-order valence-corrected chi connectivity index (χ2v) is 5.38. The van der Waals surface area contributed by atoms with Crippen LogP contribution < -0.4 is 0 Å². The molecule has 0 saturated heterocycles. The molecule has 1 rings (SSSR count). The van der Waals surface area contributed by atoms with Crippen LogP contribution >= 0.6 is 31.9 Å². The quantitative estimate of drug-likeness (QED) is 0.624. The second kappa shape index (κ2) is 6.25. The predicted octanol–water partition coefficient (Wildman–Crippen LogP) is 2.83. The van der Waals surface area contributed by atoms with Crippen molar-refractivity contribution in [2.45, 2.75) is 6.92 Å². The lowest BCUT2D eigenvalue weighted by Crippen LogP contribution is -2.32. The molecule has 0 aliphatic carbocycles. The third kappa shape index (κ3) is 3.38. The van der Waals surface area contributed by atoms with Crippen LogP contribution in [0.2, 0.25) is 0 Å². The van der Waals surface area contributed by atoms with Crippen LogP contribution in [0.3, 0.4) is 0 Å². The van der Waals surface area contributed by atoms with Crippen LogP contribution in [0.5, 0.6) is 0 Å². The van der Waals surface area contributed by atoms with E-state index in [0.29, 0.717) is 14.5 Å². The van der Waals surface area contributed by atoms with E-state index in [0.717, 1.165) is 0 Å². The summed E-state index contributed by atoms with van der Waals surface area (Å²) in [6.45, 7) is 1.56. The molecule has 1 atom stereocenters. The van der Waals surface area contributed by atoms with Gasteiger partial charge in [-0.15, -0.1) is 0 Å². The van der Waals surface area contributed by atoms with Crippen LogP contribution in [-0.2, 0) is 14.5 Å². The van der Waals surface area contributed by atoms with Gasteiger partial charge in [0.15, 0.2) is 5.78 Å². The molecule has 0 bridgehead atoms. The van der Waals surface area contributed by atoms with Gasteiger partial charge in [-0.25, -0.2) is 4.79 Å². The lowest BCUT2D eigenvalue weighted by Gasteiger charge is -2.11. The van der Waals surface area contributed by atoms with Gasteiger partial charge in [-0.1, -0.05) is 15.9 Å². The SMILES string of the molecule is Cc1cc(Br)cc(Br)c1C(=O)C(C(=O)O)C(=O)OF. The average molecular weight is 398 g/mol. The summed E-state index contributed by atoms with van der Waals surface area (Å²) in [5.74, 6) is -6.82. The zero-order valence-electron chi connectivity index (χ0n) is 9.45. The van der Waals surface area contributed by atoms with E-state index in [2.05, 4.69) is 36.8 Å². The van der Waals surface area contributed by atoms with Crippen LogP contribution in [-0.4, -0.2) is 22.8 Å². The number of rotatable bonds is 4. The number of hydrogen-bond donors (Lipinski definition) is 1. The summed E-state index contributed by atoms with van der Waals surface area (Å²) in [5, 5.41) is 8.83. The van der Waals surface area contributed by atoms with Gasteiger partial charge in [0.2, 0.25) is 5.92 Å². The Morgan fingerprint density at radius 1 is 1.32 bits per heavy atom. The molecule has 1 aromatic rings. The zero-order chi connectivity index (χ0) is 14.7. The number of aryl methyl sites for hydroxylation is 1. The van der Waals surface area contributed by atoms with Crippen LogP contribution in [0, 0.1) is 12.8 Å². The van der Waals surface area contributed by atoms with Crippen molar-refractivity contribution in [1.29, 1.82) is 0 Å². The van der Waals surface area contributed by atoms with Crippen molar-refractivity contribution in [1.82, 2.24) is 0 Å². The first-order valence-corrected chi connectivity index (χ1v) is 6.43. The van der Waals surface area contributed by atoms with Gasteiger partial charge in [-0.3, -0.25) is 14.5 Å². The van der Waals surface area contributed by atoms with Gasteiger partial charge < -0.3 is 5.11 Å². The van der Waals surface area contributed by atoms with Gasteiger partial charge in [0.05, 0.1) is 0 Å². The molecule has 0 radical (unpaired) electrons. The monoisotopic (exact) mass is 396 g/mol. The van der Waals surface area contributed by atoms with E-state index in [1.165, 1.54) is 6.07 Å². The topological polar surface area (TPSA) is 80.7 Å². The molecule has 0 fully saturated rings. The van der Waals surface area contributed by atoms with Gasteiger partial charge in [-0.2, -0.15) is 0 Å². The first-order chi connectivity index (χ1) is 8.79. The minimum atomic E-state index is -2.24. The Kier molecular flexibility index (Phi) is 5.19. The summed E-state index contributed by atoms with van der Waals surface area (Å²) in [5.41, 5.74) is 0.421. The lowest BCUT2D eigenvalue weighted by molar-refractivity contribution is -0.189. The molecule has 0 heterocycles. The number of carbonyl (C=O) groups is 3. The Labute approximate surface area is 123 Å². The van der Waals surface area contributed by atoms with Crippen molar-refractivity contribution in [3.63, 3.8) is 0 Å².